The number of carbonyl (C=O) groups excluding carboxylic acids is 6. The lowest BCUT2D eigenvalue weighted by atomic mass is 9.94. The molecule has 2 atom stereocenters. The van der Waals surface area contributed by atoms with E-state index in [0.29, 0.717) is 29.7 Å². The van der Waals surface area contributed by atoms with Gasteiger partial charge in [0.1, 0.15) is 31.1 Å². The number of hydrogen-bond acceptors (Lipinski definition) is 13. The van der Waals surface area contributed by atoms with Gasteiger partial charge in [0.05, 0.1) is 14.2 Å². The summed E-state index contributed by atoms with van der Waals surface area (Å²) in [5, 5.41) is 0. The number of allylic oxidation sites excluding steroid dienone is 2. The van der Waals surface area contributed by atoms with Crippen LogP contribution in [-0.2, 0) is 60.7 Å². The highest BCUT2D eigenvalue weighted by Gasteiger charge is 2.34. The number of hydrogen-bond donors (Lipinski definition) is 0. The Morgan fingerprint density at radius 3 is 1.90 bits per heavy atom. The molecule has 0 aromatic heterocycles. The highest BCUT2D eigenvalue weighted by Crippen LogP contribution is 2.43. The van der Waals surface area contributed by atoms with Gasteiger partial charge in [-0.25, -0.2) is 4.79 Å². The summed E-state index contributed by atoms with van der Waals surface area (Å²) in [7, 11) is 2.88. The summed E-state index contributed by atoms with van der Waals surface area (Å²) in [4.78, 5) is 72.4. The van der Waals surface area contributed by atoms with E-state index in [9.17, 15) is 28.8 Å². The molecule has 0 saturated carbocycles. The van der Waals surface area contributed by atoms with Crippen molar-refractivity contribution in [2.24, 2.45) is 11.8 Å². The van der Waals surface area contributed by atoms with E-state index in [1.165, 1.54) is 28.1 Å². The van der Waals surface area contributed by atoms with Gasteiger partial charge in [-0.2, -0.15) is 0 Å². The summed E-state index contributed by atoms with van der Waals surface area (Å²) in [6.45, 7) is 9.90. The number of carbonyl (C=O) groups is 6. The monoisotopic (exact) mass is 732 g/mol. The summed E-state index contributed by atoms with van der Waals surface area (Å²) in [6.07, 6.45) is 7.90. The molecule has 0 spiro atoms. The van der Waals surface area contributed by atoms with Gasteiger partial charge in [-0.3, -0.25) is 24.0 Å². The first kappa shape index (κ1) is 43.7. The van der Waals surface area contributed by atoms with Crippen LogP contribution in [0.1, 0.15) is 126 Å². The van der Waals surface area contributed by atoms with E-state index >= 15 is 0 Å². The first-order chi connectivity index (χ1) is 24.7. The molecule has 0 amide bonds. The SMILES string of the molecule is COC(=O)CC/C(C)=C/Cc1c(OC)c(C)c2c(c1OC(=O)CC(C)CCCCCCC(C)CC(=O)OC(COC(C)=O)COC(C)=O)C(=O)OC2. The number of esters is 6. The summed E-state index contributed by atoms with van der Waals surface area (Å²) in [6, 6.07) is 0. The van der Waals surface area contributed by atoms with Crippen molar-refractivity contribution >= 4 is 35.8 Å². The molecule has 0 N–H and O–H groups in total. The van der Waals surface area contributed by atoms with Gasteiger partial charge in [-0.05, 0) is 44.1 Å². The lowest BCUT2D eigenvalue weighted by molar-refractivity contribution is -0.166. The van der Waals surface area contributed by atoms with Crippen LogP contribution in [0.25, 0.3) is 0 Å². The Bertz CT molecular complexity index is 1430. The summed E-state index contributed by atoms with van der Waals surface area (Å²) < 4.78 is 36.9. The van der Waals surface area contributed by atoms with Gasteiger partial charge in [0.25, 0.3) is 0 Å². The first-order valence-electron chi connectivity index (χ1n) is 17.9. The summed E-state index contributed by atoms with van der Waals surface area (Å²) >= 11 is 0. The number of unbranched alkanes of at least 4 members (excludes halogenated alkanes) is 3. The van der Waals surface area contributed by atoms with E-state index in [4.69, 9.17) is 33.2 Å². The predicted molar refractivity (Wildman–Crippen MR) is 190 cm³/mol. The normalized spacial score (nSPS) is 13.5. The molecule has 2 unspecified atom stereocenters. The highest BCUT2D eigenvalue weighted by molar-refractivity contribution is 5.99. The third-order valence-corrected chi connectivity index (χ3v) is 8.86. The standard InChI is InChI=1S/C39H56O13/c1-24(16-18-33(42)46-7)15-17-31-37(47-8)27(4)32-23-50-39(45)36(32)38(31)52-35(44)20-26(3)14-12-10-9-11-13-25(2)19-34(43)51-30(21-48-28(5)40)22-49-29(6)41/h15,25-26,30H,9-14,16-23H2,1-8H3/b24-15+. The van der Waals surface area contributed by atoms with Crippen molar-refractivity contribution in [3.05, 3.63) is 33.9 Å². The lowest BCUT2D eigenvalue weighted by Gasteiger charge is -2.19. The van der Waals surface area contributed by atoms with Gasteiger partial charge in [0, 0.05) is 44.2 Å². The van der Waals surface area contributed by atoms with Crippen molar-refractivity contribution in [3.63, 3.8) is 0 Å². The zero-order valence-electron chi connectivity index (χ0n) is 32.0. The molecule has 0 aliphatic carbocycles. The second-order valence-corrected chi connectivity index (χ2v) is 13.5. The van der Waals surface area contributed by atoms with Crippen molar-refractivity contribution in [2.75, 3.05) is 27.4 Å². The van der Waals surface area contributed by atoms with E-state index in [-0.39, 0.29) is 68.2 Å². The maximum Gasteiger partial charge on any atom is 0.342 e. The van der Waals surface area contributed by atoms with Crippen molar-refractivity contribution in [1.29, 1.82) is 0 Å². The van der Waals surface area contributed by atoms with E-state index in [2.05, 4.69) is 0 Å². The molecule has 13 heteroatoms. The van der Waals surface area contributed by atoms with Gasteiger partial charge < -0.3 is 33.2 Å². The minimum absolute atomic E-state index is 0.0457. The Kier molecular flexibility index (Phi) is 18.9. The Morgan fingerprint density at radius 1 is 0.788 bits per heavy atom. The van der Waals surface area contributed by atoms with Crippen molar-refractivity contribution in [1.82, 2.24) is 0 Å². The number of fused-ring (bicyclic) bond motifs is 1. The highest BCUT2D eigenvalue weighted by atomic mass is 16.6. The molecule has 1 aliphatic heterocycles. The maximum atomic E-state index is 13.2. The Balaban J connectivity index is 1.88. The number of cyclic esters (lactones) is 1. The topological polar surface area (TPSA) is 167 Å². The Labute approximate surface area is 307 Å². The molecule has 0 saturated heterocycles. The minimum atomic E-state index is -0.859. The van der Waals surface area contributed by atoms with Gasteiger partial charge in [-0.1, -0.05) is 64.0 Å². The second-order valence-electron chi connectivity index (χ2n) is 13.5. The van der Waals surface area contributed by atoms with Crippen molar-refractivity contribution < 1.29 is 61.9 Å². The summed E-state index contributed by atoms with van der Waals surface area (Å²) in [5.74, 6) is -1.98. The van der Waals surface area contributed by atoms with Crippen LogP contribution in [0.5, 0.6) is 11.5 Å². The molecule has 1 heterocycles. The maximum absolute atomic E-state index is 13.2. The van der Waals surface area contributed by atoms with E-state index in [1.807, 2.05) is 33.8 Å². The molecule has 1 aromatic rings. The van der Waals surface area contributed by atoms with Crippen LogP contribution >= 0.6 is 0 Å². The third-order valence-electron chi connectivity index (χ3n) is 8.86. The van der Waals surface area contributed by atoms with Crippen LogP contribution in [-0.4, -0.2) is 69.4 Å². The zero-order valence-corrected chi connectivity index (χ0v) is 32.0. The number of rotatable bonds is 23. The van der Waals surface area contributed by atoms with Gasteiger partial charge in [-0.15, -0.1) is 0 Å². The molecule has 2 rings (SSSR count). The van der Waals surface area contributed by atoms with Crippen LogP contribution in [0.3, 0.4) is 0 Å². The number of methoxy groups -OCH3 is 2. The van der Waals surface area contributed by atoms with E-state index in [1.54, 1.807) is 0 Å². The molecule has 13 nitrogen and oxygen atoms in total. The quantitative estimate of drug-likeness (QED) is 0.0396. The molecule has 52 heavy (non-hydrogen) atoms. The molecular formula is C39H56O13. The van der Waals surface area contributed by atoms with Crippen LogP contribution in [0.2, 0.25) is 0 Å². The van der Waals surface area contributed by atoms with Crippen LogP contribution in [0.15, 0.2) is 11.6 Å². The molecule has 0 fully saturated rings. The van der Waals surface area contributed by atoms with Crippen LogP contribution < -0.4 is 9.47 Å². The van der Waals surface area contributed by atoms with Crippen molar-refractivity contribution in [2.45, 2.75) is 125 Å². The average molecular weight is 733 g/mol. The average Bonchev–Trinajstić information content (AvgIpc) is 3.47. The van der Waals surface area contributed by atoms with E-state index < -0.39 is 36.0 Å². The fourth-order valence-electron chi connectivity index (χ4n) is 5.94. The third kappa shape index (κ3) is 15.1. The molecule has 1 aromatic carbocycles. The molecular weight excluding hydrogens is 676 g/mol. The molecule has 290 valence electrons. The number of ether oxygens (including phenoxy) is 7. The van der Waals surface area contributed by atoms with Crippen LogP contribution in [0, 0.1) is 18.8 Å². The van der Waals surface area contributed by atoms with E-state index in [0.717, 1.165) is 49.7 Å². The number of benzene rings is 1. The van der Waals surface area contributed by atoms with Gasteiger partial charge in [0.2, 0.25) is 0 Å². The van der Waals surface area contributed by atoms with Gasteiger partial charge in [0.15, 0.2) is 11.9 Å². The Hall–Kier alpha value is -4.42. The first-order valence-corrected chi connectivity index (χ1v) is 17.9. The summed E-state index contributed by atoms with van der Waals surface area (Å²) in [5.41, 5.74) is 3.16. The second kappa shape index (κ2) is 22.5. The molecule has 0 bridgehead atoms. The minimum Gasteiger partial charge on any atom is -0.496 e. The lowest BCUT2D eigenvalue weighted by Crippen LogP contribution is -2.30. The predicted octanol–water partition coefficient (Wildman–Crippen LogP) is 6.45. The van der Waals surface area contributed by atoms with Gasteiger partial charge >= 0.3 is 35.8 Å². The fraction of sp³-hybridized carbons (Fsp3) is 0.641. The smallest absolute Gasteiger partial charge is 0.342 e. The molecule has 1 aliphatic rings. The Morgan fingerprint density at radius 2 is 1.37 bits per heavy atom. The zero-order chi connectivity index (χ0) is 38.8. The molecule has 0 radical (unpaired) electrons. The van der Waals surface area contributed by atoms with Crippen LogP contribution in [0.4, 0.5) is 0 Å². The fourth-order valence-corrected chi connectivity index (χ4v) is 5.94. The largest absolute Gasteiger partial charge is 0.496 e. The van der Waals surface area contributed by atoms with Crippen molar-refractivity contribution in [3.8, 4) is 11.5 Å².